The minimum Gasteiger partial charge on any atom is -0.497 e. The number of ether oxygens (including phenoxy) is 2. The fourth-order valence-electron chi connectivity index (χ4n) is 4.50. The fourth-order valence-corrected chi connectivity index (χ4v) is 4.50. The lowest BCUT2D eigenvalue weighted by molar-refractivity contribution is -0.0149. The van der Waals surface area contributed by atoms with Crippen molar-refractivity contribution >= 4 is 11.7 Å². The summed E-state index contributed by atoms with van der Waals surface area (Å²) < 4.78 is 10.4. The zero-order chi connectivity index (χ0) is 24.0. The predicted octanol–water partition coefficient (Wildman–Crippen LogP) is 5.13. The Balaban J connectivity index is 1.54. The molecule has 1 fully saturated rings. The van der Waals surface area contributed by atoms with Crippen LogP contribution in [0.1, 0.15) is 29.5 Å². The Morgan fingerprint density at radius 3 is 2.12 bits per heavy atom. The molecule has 1 aliphatic heterocycles. The molecule has 0 spiro atoms. The first kappa shape index (κ1) is 23.5. The summed E-state index contributed by atoms with van der Waals surface area (Å²) in [6.07, 6.45) is 0.915. The smallest absolute Gasteiger partial charge is 0.497 e. The highest BCUT2D eigenvalue weighted by atomic mass is 16.7. The van der Waals surface area contributed by atoms with Gasteiger partial charge in [-0.2, -0.15) is 0 Å². The van der Waals surface area contributed by atoms with Crippen molar-refractivity contribution in [2.24, 2.45) is 0 Å². The lowest BCUT2D eigenvalue weighted by Gasteiger charge is -2.24. The number of hydrogen-bond acceptors (Lipinski definition) is 5. The van der Waals surface area contributed by atoms with Crippen LogP contribution in [0, 0.1) is 0 Å². The molecule has 0 unspecified atom stereocenters. The van der Waals surface area contributed by atoms with E-state index in [9.17, 15) is 15.0 Å². The molecule has 1 aliphatic rings. The third-order valence-electron chi connectivity index (χ3n) is 6.18. The van der Waals surface area contributed by atoms with Crippen LogP contribution in [0.15, 0.2) is 91.0 Å². The molecule has 34 heavy (non-hydrogen) atoms. The number of benzene rings is 3. The summed E-state index contributed by atoms with van der Waals surface area (Å²) in [6.45, 7) is 0.816. The third kappa shape index (κ3) is 5.47. The second-order valence-corrected chi connectivity index (χ2v) is 8.41. The summed E-state index contributed by atoms with van der Waals surface area (Å²) in [4.78, 5) is 13.2. The quantitative estimate of drug-likeness (QED) is 0.455. The average Bonchev–Trinajstić information content (AvgIpc) is 3.18. The van der Waals surface area contributed by atoms with Gasteiger partial charge in [0.05, 0.1) is 7.11 Å². The maximum atomic E-state index is 11.4. The van der Waals surface area contributed by atoms with Gasteiger partial charge in [0.1, 0.15) is 11.4 Å². The summed E-state index contributed by atoms with van der Waals surface area (Å²) in [7, 11) is 1.59. The van der Waals surface area contributed by atoms with E-state index in [2.05, 4.69) is 30.3 Å². The van der Waals surface area contributed by atoms with Crippen LogP contribution in [0.3, 0.4) is 0 Å². The normalized spacial score (nSPS) is 20.0. The summed E-state index contributed by atoms with van der Waals surface area (Å²) in [5.74, 6) is 0.694. The zero-order valence-electron chi connectivity index (χ0n) is 19.1. The van der Waals surface area contributed by atoms with Crippen molar-refractivity contribution in [3.8, 4) is 5.75 Å². The maximum Gasteiger partial charge on any atom is 0.507 e. The van der Waals surface area contributed by atoms with Crippen LogP contribution < -0.4 is 4.74 Å². The van der Waals surface area contributed by atoms with Crippen molar-refractivity contribution < 1.29 is 24.5 Å². The van der Waals surface area contributed by atoms with Gasteiger partial charge in [0.15, 0.2) is 6.23 Å². The standard InChI is InChI=1S/C28H29NO5/c1-33-24-16-14-23(15-17-24)28(32)19-26(34-27(30)31)29(20-28)18-8-13-25(21-9-4-2-5-10-21)22-11-6-3-7-12-22/h2-7,9-17,26,32H,8,18-20H2,1H3,(H,30,31)/t26-,28+/m0/s1. The largest absolute Gasteiger partial charge is 0.507 e. The molecule has 1 saturated heterocycles. The molecule has 1 heterocycles. The van der Waals surface area contributed by atoms with Crippen molar-refractivity contribution in [3.05, 3.63) is 108 Å². The molecule has 6 heteroatoms. The summed E-state index contributed by atoms with van der Waals surface area (Å²) in [5, 5.41) is 20.6. The van der Waals surface area contributed by atoms with Crippen LogP contribution in [0.5, 0.6) is 5.75 Å². The molecule has 4 rings (SSSR count). The topological polar surface area (TPSA) is 79.2 Å². The molecule has 0 aliphatic carbocycles. The molecule has 0 aromatic heterocycles. The number of rotatable bonds is 8. The first-order valence-electron chi connectivity index (χ1n) is 11.3. The monoisotopic (exact) mass is 459 g/mol. The summed E-state index contributed by atoms with van der Waals surface area (Å²) >= 11 is 0. The van der Waals surface area contributed by atoms with Gasteiger partial charge < -0.3 is 19.7 Å². The van der Waals surface area contributed by atoms with E-state index in [1.165, 1.54) is 0 Å². The Morgan fingerprint density at radius 1 is 1.00 bits per heavy atom. The van der Waals surface area contributed by atoms with Crippen LogP contribution >= 0.6 is 0 Å². The van der Waals surface area contributed by atoms with Crippen molar-refractivity contribution in [2.45, 2.75) is 24.7 Å². The molecule has 2 N–H and O–H groups in total. The first-order chi connectivity index (χ1) is 16.5. The van der Waals surface area contributed by atoms with E-state index >= 15 is 0 Å². The Hall–Kier alpha value is -3.61. The van der Waals surface area contributed by atoms with Crippen molar-refractivity contribution in [3.63, 3.8) is 0 Å². The molecule has 0 bridgehead atoms. The number of hydrogen-bond donors (Lipinski definition) is 2. The van der Waals surface area contributed by atoms with E-state index < -0.39 is 18.0 Å². The third-order valence-corrected chi connectivity index (χ3v) is 6.18. The molecule has 0 radical (unpaired) electrons. The lowest BCUT2D eigenvalue weighted by Crippen LogP contribution is -2.35. The highest BCUT2D eigenvalue weighted by Gasteiger charge is 2.45. The average molecular weight is 460 g/mol. The molecular formula is C28H29NO5. The first-order valence-corrected chi connectivity index (χ1v) is 11.3. The number of likely N-dealkylation sites (tertiary alicyclic amines) is 1. The number of nitrogens with zero attached hydrogens (tertiary/aromatic N) is 1. The molecule has 176 valence electrons. The van der Waals surface area contributed by atoms with E-state index in [-0.39, 0.29) is 13.0 Å². The minimum absolute atomic E-state index is 0.166. The number of methoxy groups -OCH3 is 1. The highest BCUT2D eigenvalue weighted by Crippen LogP contribution is 2.37. The van der Waals surface area contributed by atoms with Gasteiger partial charge in [-0.3, -0.25) is 4.90 Å². The van der Waals surface area contributed by atoms with Gasteiger partial charge in [-0.1, -0.05) is 78.9 Å². The molecule has 3 aromatic carbocycles. The number of aliphatic hydroxyl groups is 1. The zero-order valence-corrected chi connectivity index (χ0v) is 19.1. The van der Waals surface area contributed by atoms with Crippen molar-refractivity contribution in [1.29, 1.82) is 0 Å². The van der Waals surface area contributed by atoms with E-state index in [4.69, 9.17) is 9.47 Å². The van der Waals surface area contributed by atoms with E-state index in [1.807, 2.05) is 53.4 Å². The van der Waals surface area contributed by atoms with Gasteiger partial charge in [0, 0.05) is 19.5 Å². The van der Waals surface area contributed by atoms with Crippen molar-refractivity contribution in [1.82, 2.24) is 4.90 Å². The predicted molar refractivity (Wildman–Crippen MR) is 131 cm³/mol. The second kappa shape index (κ2) is 10.5. The van der Waals surface area contributed by atoms with Gasteiger partial charge >= 0.3 is 6.16 Å². The van der Waals surface area contributed by atoms with E-state index in [1.54, 1.807) is 19.2 Å². The minimum atomic E-state index is -1.35. The molecule has 3 aromatic rings. The SMILES string of the molecule is COc1ccc([C@@]2(O)C[C@H](OC(=O)O)N(CCC=C(c3ccccc3)c3ccccc3)C2)cc1. The van der Waals surface area contributed by atoms with Crippen molar-refractivity contribution in [2.75, 3.05) is 20.2 Å². The van der Waals surface area contributed by atoms with E-state index in [0.29, 0.717) is 24.3 Å². The Labute approximate surface area is 199 Å². The van der Waals surface area contributed by atoms with Gasteiger partial charge in [-0.15, -0.1) is 0 Å². The molecular weight excluding hydrogens is 430 g/mol. The molecule has 2 atom stereocenters. The van der Waals surface area contributed by atoms with Crippen LogP contribution in [0.4, 0.5) is 4.79 Å². The number of β-amino-alcohol motifs (C(OH)–C–C–N with tert-alkyl or cyclic N) is 1. The molecule has 0 saturated carbocycles. The van der Waals surface area contributed by atoms with Crippen LogP contribution in [-0.2, 0) is 10.3 Å². The molecule has 0 amide bonds. The van der Waals surface area contributed by atoms with E-state index in [0.717, 1.165) is 16.7 Å². The maximum absolute atomic E-state index is 11.4. The Kier molecular flexibility index (Phi) is 7.30. The number of carbonyl (C=O) groups is 1. The van der Waals surface area contributed by atoms with Gasteiger partial charge in [0.2, 0.25) is 0 Å². The van der Waals surface area contributed by atoms with Crippen LogP contribution in [-0.4, -0.2) is 47.7 Å². The summed E-state index contributed by atoms with van der Waals surface area (Å²) in [5.41, 5.74) is 2.84. The lowest BCUT2D eigenvalue weighted by atomic mass is 9.92. The summed E-state index contributed by atoms with van der Waals surface area (Å²) in [6, 6.07) is 27.5. The van der Waals surface area contributed by atoms with Gasteiger partial charge in [-0.05, 0) is 40.8 Å². The van der Waals surface area contributed by atoms with Gasteiger partial charge in [-0.25, -0.2) is 4.79 Å². The fraction of sp³-hybridized carbons (Fsp3) is 0.250. The Morgan fingerprint density at radius 2 is 1.59 bits per heavy atom. The van der Waals surface area contributed by atoms with Crippen LogP contribution in [0.2, 0.25) is 0 Å². The molecule has 6 nitrogen and oxygen atoms in total. The second-order valence-electron chi connectivity index (χ2n) is 8.41. The highest BCUT2D eigenvalue weighted by molar-refractivity contribution is 5.79. The number of carboxylic acid groups (broad SMARTS) is 1. The Bertz CT molecular complexity index is 1070. The van der Waals surface area contributed by atoms with Crippen LogP contribution in [0.25, 0.3) is 5.57 Å². The van der Waals surface area contributed by atoms with Gasteiger partial charge in [0.25, 0.3) is 0 Å².